The highest BCUT2D eigenvalue weighted by Crippen LogP contribution is 2.18. The molecule has 0 bridgehead atoms. The summed E-state index contributed by atoms with van der Waals surface area (Å²) in [6.07, 6.45) is 3.62. The number of hydrogen-bond donors (Lipinski definition) is 2. The summed E-state index contributed by atoms with van der Waals surface area (Å²) in [7, 11) is 0. The molecule has 1 heterocycles. The molecule has 1 atom stereocenters. The van der Waals surface area contributed by atoms with Gasteiger partial charge in [-0.15, -0.1) is 0 Å². The minimum atomic E-state index is 0.382. The van der Waals surface area contributed by atoms with Crippen LogP contribution in [0.2, 0.25) is 0 Å². The van der Waals surface area contributed by atoms with Crippen molar-refractivity contribution in [1.29, 1.82) is 0 Å². The molecule has 0 radical (unpaired) electrons. The lowest BCUT2D eigenvalue weighted by Crippen LogP contribution is -2.09. The molecule has 2 nitrogen and oxygen atoms in total. The quantitative estimate of drug-likeness (QED) is 0.765. The summed E-state index contributed by atoms with van der Waals surface area (Å²) in [5.41, 5.74) is 1.25. The van der Waals surface area contributed by atoms with Crippen molar-refractivity contribution in [2.45, 2.75) is 19.3 Å². The molecule has 1 fully saturated rings. The Balaban J connectivity index is 1.85. The summed E-state index contributed by atoms with van der Waals surface area (Å²) in [5, 5.41) is 12.7. The highest BCUT2D eigenvalue weighted by molar-refractivity contribution is 5.27. The minimum Gasteiger partial charge on any atom is -0.508 e. The van der Waals surface area contributed by atoms with E-state index in [-0.39, 0.29) is 0 Å². The smallest absolute Gasteiger partial charge is 0.115 e. The number of benzene rings is 1. The van der Waals surface area contributed by atoms with Crippen molar-refractivity contribution in [1.82, 2.24) is 5.32 Å². The van der Waals surface area contributed by atoms with E-state index in [1.54, 1.807) is 6.07 Å². The molecular weight excluding hydrogens is 174 g/mol. The van der Waals surface area contributed by atoms with E-state index in [9.17, 15) is 5.11 Å². The maximum atomic E-state index is 9.29. The van der Waals surface area contributed by atoms with E-state index in [1.165, 1.54) is 31.5 Å². The molecule has 1 aromatic rings. The second-order valence-electron chi connectivity index (χ2n) is 4.07. The van der Waals surface area contributed by atoms with Gasteiger partial charge in [-0.1, -0.05) is 12.1 Å². The lowest BCUT2D eigenvalue weighted by atomic mass is 9.99. The van der Waals surface area contributed by atoms with E-state index < -0.39 is 0 Å². The van der Waals surface area contributed by atoms with Gasteiger partial charge in [0, 0.05) is 0 Å². The molecule has 2 rings (SSSR count). The number of hydrogen-bond acceptors (Lipinski definition) is 2. The fourth-order valence-electron chi connectivity index (χ4n) is 2.04. The number of phenols is 1. The first-order chi connectivity index (χ1) is 6.84. The van der Waals surface area contributed by atoms with Crippen molar-refractivity contribution in [2.75, 3.05) is 13.1 Å². The molecule has 0 aromatic heterocycles. The zero-order chi connectivity index (χ0) is 9.80. The summed E-state index contributed by atoms with van der Waals surface area (Å²) in [4.78, 5) is 0. The SMILES string of the molecule is Oc1cccc(CCC2CCNC2)c1. The van der Waals surface area contributed by atoms with Gasteiger partial charge in [0.05, 0.1) is 0 Å². The van der Waals surface area contributed by atoms with Gasteiger partial charge in [0.15, 0.2) is 0 Å². The molecule has 0 aliphatic carbocycles. The van der Waals surface area contributed by atoms with E-state index in [1.807, 2.05) is 12.1 Å². The minimum absolute atomic E-state index is 0.382. The van der Waals surface area contributed by atoms with Crippen molar-refractivity contribution >= 4 is 0 Å². The van der Waals surface area contributed by atoms with E-state index in [0.717, 1.165) is 12.3 Å². The Labute approximate surface area is 85.0 Å². The molecular formula is C12H17NO. The van der Waals surface area contributed by atoms with Crippen LogP contribution in [0, 0.1) is 5.92 Å². The molecule has 1 aliphatic rings. The van der Waals surface area contributed by atoms with Crippen LogP contribution in [0.5, 0.6) is 5.75 Å². The van der Waals surface area contributed by atoms with E-state index in [0.29, 0.717) is 5.75 Å². The summed E-state index contributed by atoms with van der Waals surface area (Å²) < 4.78 is 0. The molecule has 0 saturated carbocycles. The van der Waals surface area contributed by atoms with Gasteiger partial charge in [0.1, 0.15) is 5.75 Å². The Morgan fingerprint density at radius 2 is 2.36 bits per heavy atom. The van der Waals surface area contributed by atoms with Crippen molar-refractivity contribution in [3.8, 4) is 5.75 Å². The van der Waals surface area contributed by atoms with Crippen molar-refractivity contribution in [2.24, 2.45) is 5.92 Å². The number of rotatable bonds is 3. The van der Waals surface area contributed by atoms with E-state index in [4.69, 9.17) is 0 Å². The van der Waals surface area contributed by atoms with Gasteiger partial charge >= 0.3 is 0 Å². The maximum Gasteiger partial charge on any atom is 0.115 e. The zero-order valence-electron chi connectivity index (χ0n) is 8.37. The van der Waals surface area contributed by atoms with Crippen LogP contribution < -0.4 is 5.32 Å². The Morgan fingerprint density at radius 1 is 1.43 bits per heavy atom. The first kappa shape index (κ1) is 9.53. The van der Waals surface area contributed by atoms with Crippen LogP contribution in [0.3, 0.4) is 0 Å². The van der Waals surface area contributed by atoms with Crippen LogP contribution in [0.15, 0.2) is 24.3 Å². The van der Waals surface area contributed by atoms with Gasteiger partial charge in [0.2, 0.25) is 0 Å². The predicted octanol–water partition coefficient (Wildman–Crippen LogP) is 1.93. The zero-order valence-corrected chi connectivity index (χ0v) is 8.37. The van der Waals surface area contributed by atoms with Crippen LogP contribution in [-0.2, 0) is 6.42 Å². The van der Waals surface area contributed by atoms with Crippen LogP contribution in [0.25, 0.3) is 0 Å². The number of nitrogens with one attached hydrogen (secondary N) is 1. The molecule has 1 aromatic carbocycles. The molecule has 14 heavy (non-hydrogen) atoms. The first-order valence-electron chi connectivity index (χ1n) is 5.33. The molecule has 0 spiro atoms. The summed E-state index contributed by atoms with van der Waals surface area (Å²) in [6, 6.07) is 7.59. The van der Waals surface area contributed by atoms with Gasteiger partial charge in [0.25, 0.3) is 0 Å². The molecule has 1 unspecified atom stereocenters. The van der Waals surface area contributed by atoms with Crippen molar-refractivity contribution < 1.29 is 5.11 Å². The third-order valence-electron chi connectivity index (χ3n) is 2.91. The van der Waals surface area contributed by atoms with Crippen LogP contribution in [0.1, 0.15) is 18.4 Å². The topological polar surface area (TPSA) is 32.3 Å². The van der Waals surface area contributed by atoms with Crippen molar-refractivity contribution in [3.63, 3.8) is 0 Å². The Kier molecular flexibility index (Phi) is 3.04. The van der Waals surface area contributed by atoms with Gasteiger partial charge in [-0.25, -0.2) is 0 Å². The summed E-state index contributed by atoms with van der Waals surface area (Å²) >= 11 is 0. The normalized spacial score (nSPS) is 21.3. The van der Waals surface area contributed by atoms with Gasteiger partial charge in [-0.3, -0.25) is 0 Å². The Morgan fingerprint density at radius 3 is 3.07 bits per heavy atom. The van der Waals surface area contributed by atoms with Crippen LogP contribution in [-0.4, -0.2) is 18.2 Å². The molecule has 0 amide bonds. The lowest BCUT2D eigenvalue weighted by Gasteiger charge is -2.07. The number of aromatic hydroxyl groups is 1. The molecule has 1 aliphatic heterocycles. The maximum absolute atomic E-state index is 9.29. The predicted molar refractivity (Wildman–Crippen MR) is 57.4 cm³/mol. The first-order valence-corrected chi connectivity index (χ1v) is 5.33. The van der Waals surface area contributed by atoms with Crippen molar-refractivity contribution in [3.05, 3.63) is 29.8 Å². The average molecular weight is 191 g/mol. The van der Waals surface area contributed by atoms with E-state index >= 15 is 0 Å². The van der Waals surface area contributed by atoms with Gasteiger partial charge in [-0.05, 0) is 56.0 Å². The molecule has 1 saturated heterocycles. The molecule has 2 heteroatoms. The summed E-state index contributed by atoms with van der Waals surface area (Å²) in [5.74, 6) is 1.21. The monoisotopic (exact) mass is 191 g/mol. The van der Waals surface area contributed by atoms with Crippen LogP contribution in [0.4, 0.5) is 0 Å². The summed E-state index contributed by atoms with van der Waals surface area (Å²) in [6.45, 7) is 2.34. The van der Waals surface area contributed by atoms with Crippen LogP contribution >= 0.6 is 0 Å². The second-order valence-corrected chi connectivity index (χ2v) is 4.07. The van der Waals surface area contributed by atoms with Gasteiger partial charge in [-0.2, -0.15) is 0 Å². The number of phenolic OH excluding ortho intramolecular Hbond substituents is 1. The van der Waals surface area contributed by atoms with E-state index in [2.05, 4.69) is 11.4 Å². The third-order valence-corrected chi connectivity index (χ3v) is 2.91. The third kappa shape index (κ3) is 2.48. The average Bonchev–Trinajstić information content (AvgIpc) is 2.67. The largest absolute Gasteiger partial charge is 0.508 e. The lowest BCUT2D eigenvalue weighted by molar-refractivity contribution is 0.473. The highest BCUT2D eigenvalue weighted by atomic mass is 16.3. The number of aryl methyl sites for hydroxylation is 1. The standard InChI is InChI=1S/C12H17NO/c14-12-3-1-2-10(8-12)4-5-11-6-7-13-9-11/h1-3,8,11,13-14H,4-7,9H2. The fraction of sp³-hybridized carbons (Fsp3) is 0.500. The second kappa shape index (κ2) is 4.47. The molecule has 2 N–H and O–H groups in total. The Hall–Kier alpha value is -1.02. The fourth-order valence-corrected chi connectivity index (χ4v) is 2.04. The molecule has 76 valence electrons. The highest BCUT2D eigenvalue weighted by Gasteiger charge is 2.13. The Bertz CT molecular complexity index is 292. The van der Waals surface area contributed by atoms with Gasteiger partial charge < -0.3 is 10.4 Å².